The summed E-state index contributed by atoms with van der Waals surface area (Å²) in [5, 5.41) is 15.3. The molecule has 206 valence electrons. The smallest absolute Gasteiger partial charge is 0.414 e. The van der Waals surface area contributed by atoms with E-state index in [0.717, 1.165) is 69.4 Å². The van der Waals surface area contributed by atoms with Crippen molar-refractivity contribution in [2.45, 2.75) is 50.9 Å². The van der Waals surface area contributed by atoms with E-state index < -0.39 is 11.9 Å². The van der Waals surface area contributed by atoms with E-state index >= 15 is 0 Å². The van der Waals surface area contributed by atoms with Gasteiger partial charge < -0.3 is 14.6 Å². The number of carbonyl (C=O) groups is 3. The minimum absolute atomic E-state index is 0.125. The molecule has 5 rings (SSSR count). The largest absolute Gasteiger partial charge is 0.473 e. The van der Waals surface area contributed by atoms with Crippen LogP contribution in [0.15, 0.2) is 59.4 Å². The topological polar surface area (TPSA) is 121 Å². The van der Waals surface area contributed by atoms with Gasteiger partial charge in [-0.05, 0) is 68.1 Å². The van der Waals surface area contributed by atoms with Gasteiger partial charge in [0.1, 0.15) is 17.2 Å². The van der Waals surface area contributed by atoms with Gasteiger partial charge >= 0.3 is 11.9 Å². The molecule has 2 aromatic heterocycles. The minimum atomic E-state index is -1.82. The fourth-order valence-corrected chi connectivity index (χ4v) is 5.44. The van der Waals surface area contributed by atoms with Gasteiger partial charge in [0.15, 0.2) is 0 Å². The number of aromatic nitrogens is 1. The highest BCUT2D eigenvalue weighted by Gasteiger charge is 2.30. The molecule has 1 saturated carbocycles. The molecule has 9 heteroatoms. The van der Waals surface area contributed by atoms with Crippen molar-refractivity contribution in [3.63, 3.8) is 0 Å². The molecule has 0 amide bonds. The predicted molar refractivity (Wildman–Crippen MR) is 144 cm³/mol. The number of halogens is 1. The summed E-state index contributed by atoms with van der Waals surface area (Å²) in [5.74, 6) is -3.45. The molecule has 0 saturated heterocycles. The molecule has 2 aliphatic rings. The molecule has 3 aromatic rings. The van der Waals surface area contributed by atoms with Gasteiger partial charge in [-0.3, -0.25) is 14.7 Å². The molecular weight excluding hydrogens is 503 g/mol. The average Bonchev–Trinajstić information content (AvgIpc) is 3.46. The summed E-state index contributed by atoms with van der Waals surface area (Å²) in [6.07, 6.45) is 12.9. The Hall–Kier alpha value is -3.85. The fraction of sp³-hybridized carbons (Fsp3) is 0.400. The number of hydrogen-bond donors (Lipinski definition) is 2. The van der Waals surface area contributed by atoms with Crippen LogP contribution in [0.4, 0.5) is 4.39 Å². The predicted octanol–water partition coefficient (Wildman–Crippen LogP) is 5.53. The lowest BCUT2D eigenvalue weighted by Crippen LogP contribution is -2.33. The second kappa shape index (κ2) is 13.3. The molecule has 8 nitrogen and oxygen atoms in total. The third-order valence-electron chi connectivity index (χ3n) is 7.52. The van der Waals surface area contributed by atoms with Crippen LogP contribution >= 0.6 is 0 Å². The SMILES string of the molecule is O=C(C1CCCCC1)C(CCN1CC=C(c2ccc(F)c3ccoc23)CC1)c1ccccn1.O=C(O)C(=O)O. The van der Waals surface area contributed by atoms with Crippen LogP contribution in [0.1, 0.15) is 62.1 Å². The van der Waals surface area contributed by atoms with Crippen LogP contribution in [0.3, 0.4) is 0 Å². The van der Waals surface area contributed by atoms with E-state index in [4.69, 9.17) is 24.2 Å². The van der Waals surface area contributed by atoms with Gasteiger partial charge in [0.2, 0.25) is 0 Å². The number of benzene rings is 1. The number of aliphatic carboxylic acids is 2. The van der Waals surface area contributed by atoms with E-state index in [1.165, 1.54) is 18.1 Å². The summed E-state index contributed by atoms with van der Waals surface area (Å²) in [6, 6.07) is 10.9. The standard InChI is InChI=1S/C28H31FN2O2.C2H2O4/c29-25-10-9-22(28-23(25)14-19-33-28)20-11-16-31(17-12-20)18-13-24(26-8-4-5-15-30-26)27(32)21-6-2-1-3-7-21;3-1(4)2(5)6/h4-5,8-11,14-15,19,21,24H,1-3,6-7,12-13,16-18H2;(H,3,4)(H,5,6). The highest BCUT2D eigenvalue weighted by Crippen LogP contribution is 2.33. The van der Waals surface area contributed by atoms with Crippen molar-refractivity contribution in [3.8, 4) is 0 Å². The second-order valence-corrected chi connectivity index (χ2v) is 9.98. The lowest BCUT2D eigenvalue weighted by atomic mass is 9.79. The number of Topliss-reactive ketones (excluding diaryl/α,β-unsaturated/α-hetero) is 1. The Morgan fingerprint density at radius 1 is 1.05 bits per heavy atom. The van der Waals surface area contributed by atoms with Crippen LogP contribution in [0.25, 0.3) is 16.5 Å². The van der Waals surface area contributed by atoms with Crippen LogP contribution in [0.5, 0.6) is 0 Å². The number of hydrogen-bond acceptors (Lipinski definition) is 6. The van der Waals surface area contributed by atoms with E-state index in [9.17, 15) is 9.18 Å². The van der Waals surface area contributed by atoms with Crippen molar-refractivity contribution in [2.75, 3.05) is 19.6 Å². The van der Waals surface area contributed by atoms with Crippen molar-refractivity contribution in [1.82, 2.24) is 9.88 Å². The Balaban J connectivity index is 0.000000531. The Morgan fingerprint density at radius 2 is 1.82 bits per heavy atom. The summed E-state index contributed by atoms with van der Waals surface area (Å²) in [7, 11) is 0. The molecule has 1 aromatic carbocycles. The van der Waals surface area contributed by atoms with Gasteiger partial charge in [-0.1, -0.05) is 31.4 Å². The average molecular weight is 537 g/mol. The number of carbonyl (C=O) groups excluding carboxylic acids is 1. The maximum atomic E-state index is 14.0. The summed E-state index contributed by atoms with van der Waals surface area (Å²) < 4.78 is 19.6. The molecule has 1 atom stereocenters. The lowest BCUT2D eigenvalue weighted by Gasteiger charge is -2.29. The Morgan fingerprint density at radius 3 is 2.46 bits per heavy atom. The normalized spacial score (nSPS) is 17.1. The van der Waals surface area contributed by atoms with Crippen molar-refractivity contribution >= 4 is 34.3 Å². The maximum Gasteiger partial charge on any atom is 0.414 e. The van der Waals surface area contributed by atoms with Crippen LogP contribution < -0.4 is 0 Å². The summed E-state index contributed by atoms with van der Waals surface area (Å²) >= 11 is 0. The van der Waals surface area contributed by atoms with E-state index in [2.05, 4.69) is 16.0 Å². The maximum absolute atomic E-state index is 14.0. The molecule has 0 spiro atoms. The highest BCUT2D eigenvalue weighted by molar-refractivity contribution is 6.27. The van der Waals surface area contributed by atoms with E-state index in [0.29, 0.717) is 16.8 Å². The third-order valence-corrected chi connectivity index (χ3v) is 7.52. The van der Waals surface area contributed by atoms with Crippen LogP contribution in [0.2, 0.25) is 0 Å². The number of furan rings is 1. The summed E-state index contributed by atoms with van der Waals surface area (Å²) in [5.41, 5.74) is 3.72. The first-order valence-corrected chi connectivity index (χ1v) is 13.3. The quantitative estimate of drug-likeness (QED) is 0.378. The minimum Gasteiger partial charge on any atom is -0.473 e. The lowest BCUT2D eigenvalue weighted by molar-refractivity contribution is -0.159. The van der Waals surface area contributed by atoms with E-state index in [-0.39, 0.29) is 17.7 Å². The molecule has 1 aliphatic heterocycles. The molecule has 39 heavy (non-hydrogen) atoms. The third kappa shape index (κ3) is 7.17. The Kier molecular flexibility index (Phi) is 9.59. The number of nitrogens with zero attached hydrogens (tertiary/aromatic N) is 2. The first kappa shape index (κ1) is 28.2. The molecule has 1 unspecified atom stereocenters. The van der Waals surface area contributed by atoms with Crippen molar-refractivity contribution in [1.29, 1.82) is 0 Å². The second-order valence-electron chi connectivity index (χ2n) is 9.98. The zero-order chi connectivity index (χ0) is 27.8. The van der Waals surface area contributed by atoms with Crippen LogP contribution in [-0.2, 0) is 14.4 Å². The first-order chi connectivity index (χ1) is 18.8. The Labute approximate surface area is 226 Å². The highest BCUT2D eigenvalue weighted by atomic mass is 19.1. The van der Waals surface area contributed by atoms with Crippen LogP contribution in [0, 0.1) is 11.7 Å². The number of rotatable bonds is 7. The zero-order valence-corrected chi connectivity index (χ0v) is 21.7. The number of ketones is 1. The molecule has 0 bridgehead atoms. The number of carboxylic acid groups (broad SMARTS) is 2. The monoisotopic (exact) mass is 536 g/mol. The van der Waals surface area contributed by atoms with Gasteiger partial charge in [-0.25, -0.2) is 14.0 Å². The number of pyridine rings is 1. The summed E-state index contributed by atoms with van der Waals surface area (Å²) in [4.78, 5) is 38.6. The van der Waals surface area contributed by atoms with Crippen molar-refractivity contribution in [3.05, 3.63) is 72.0 Å². The molecule has 1 aliphatic carbocycles. The van der Waals surface area contributed by atoms with Gasteiger partial charge in [-0.2, -0.15) is 0 Å². The first-order valence-electron chi connectivity index (χ1n) is 13.3. The number of carboxylic acids is 2. The van der Waals surface area contributed by atoms with E-state index in [1.54, 1.807) is 18.5 Å². The zero-order valence-electron chi connectivity index (χ0n) is 21.7. The molecule has 3 heterocycles. The summed E-state index contributed by atoms with van der Waals surface area (Å²) in [6.45, 7) is 2.60. The van der Waals surface area contributed by atoms with Crippen molar-refractivity contribution < 1.29 is 33.4 Å². The molecule has 0 radical (unpaired) electrons. The number of fused-ring (bicyclic) bond motifs is 1. The van der Waals surface area contributed by atoms with Gasteiger partial charge in [-0.15, -0.1) is 0 Å². The molecule has 1 fully saturated rings. The molecular formula is C30H33FN2O6. The van der Waals surface area contributed by atoms with E-state index in [1.807, 2.05) is 24.3 Å². The van der Waals surface area contributed by atoms with Gasteiger partial charge in [0.05, 0.1) is 23.3 Å². The van der Waals surface area contributed by atoms with Crippen molar-refractivity contribution in [2.24, 2.45) is 5.92 Å². The van der Waals surface area contributed by atoms with Gasteiger partial charge in [0.25, 0.3) is 0 Å². The Bertz CT molecular complexity index is 1320. The van der Waals surface area contributed by atoms with Crippen LogP contribution in [-0.4, -0.2) is 57.5 Å². The molecule has 2 N–H and O–H groups in total. The fourth-order valence-electron chi connectivity index (χ4n) is 5.44. The van der Waals surface area contributed by atoms with Gasteiger partial charge in [0, 0.05) is 30.8 Å².